The summed E-state index contributed by atoms with van der Waals surface area (Å²) in [5.74, 6) is -1.66. The lowest BCUT2D eigenvalue weighted by molar-refractivity contribution is 0.0768. The Bertz CT molecular complexity index is 1590. The highest BCUT2D eigenvalue weighted by Gasteiger charge is 2.23. The highest BCUT2D eigenvalue weighted by molar-refractivity contribution is 7.14. The lowest BCUT2D eigenvalue weighted by Crippen LogP contribution is -2.30. The number of nitrogens with zero attached hydrogens (tertiary/aromatic N) is 3. The average Bonchev–Trinajstić information content (AvgIpc) is 3.16. The van der Waals surface area contributed by atoms with Crippen molar-refractivity contribution in [3.05, 3.63) is 102 Å². The number of aromatic nitrogens is 3. The van der Waals surface area contributed by atoms with Crippen LogP contribution in [0, 0.1) is 25.5 Å². The Kier molecular flexibility index (Phi) is 6.87. The van der Waals surface area contributed by atoms with E-state index < -0.39 is 22.8 Å². The fourth-order valence-electron chi connectivity index (χ4n) is 3.71. The van der Waals surface area contributed by atoms with Crippen LogP contribution >= 0.6 is 22.9 Å². The van der Waals surface area contributed by atoms with E-state index in [2.05, 4.69) is 4.98 Å². The van der Waals surface area contributed by atoms with E-state index >= 15 is 0 Å². The van der Waals surface area contributed by atoms with Crippen LogP contribution in [0.25, 0.3) is 10.7 Å². The zero-order chi connectivity index (χ0) is 26.4. The molecule has 0 unspecified atom stereocenters. The first-order valence-electron chi connectivity index (χ1n) is 10.8. The molecule has 4 heterocycles. The smallest absolute Gasteiger partial charge is 0.277 e. The first-order chi connectivity index (χ1) is 16.9. The number of rotatable bonds is 6. The van der Waals surface area contributed by atoms with Crippen LogP contribution in [0.3, 0.4) is 0 Å². The zero-order valence-electron chi connectivity index (χ0n) is 19.8. The van der Waals surface area contributed by atoms with Crippen molar-refractivity contribution in [1.82, 2.24) is 14.1 Å². The number of pyridine rings is 3. The number of aliphatic hydroxyl groups is 1. The number of thiophene rings is 1. The SMILES string of the molecule is Cc1sc(-n2cccc(C(C)(C)O)c2=O)cc1-n1c(C)cc(OCc2ncc(F)cc2F)c(Cl)c1=O. The van der Waals surface area contributed by atoms with Crippen molar-refractivity contribution in [1.29, 1.82) is 0 Å². The predicted molar refractivity (Wildman–Crippen MR) is 134 cm³/mol. The van der Waals surface area contributed by atoms with Crippen LogP contribution in [0.2, 0.25) is 5.02 Å². The summed E-state index contributed by atoms with van der Waals surface area (Å²) < 4.78 is 35.3. The molecule has 0 radical (unpaired) electrons. The molecule has 0 atom stereocenters. The van der Waals surface area contributed by atoms with Gasteiger partial charge in [-0.2, -0.15) is 0 Å². The molecular formula is C25H22ClF2N3O4S. The molecule has 0 saturated heterocycles. The van der Waals surface area contributed by atoms with Crippen LogP contribution in [-0.2, 0) is 12.2 Å². The Hall–Kier alpha value is -3.34. The van der Waals surface area contributed by atoms with Crippen molar-refractivity contribution in [2.24, 2.45) is 0 Å². The number of halogens is 3. The highest BCUT2D eigenvalue weighted by Crippen LogP contribution is 2.30. The maximum absolute atomic E-state index is 13.9. The third-order valence-corrected chi connectivity index (χ3v) is 6.90. The molecule has 4 aromatic heterocycles. The summed E-state index contributed by atoms with van der Waals surface area (Å²) in [6.07, 6.45) is 2.46. The van der Waals surface area contributed by atoms with Gasteiger partial charge in [-0.05, 0) is 45.9 Å². The Morgan fingerprint density at radius 1 is 1.17 bits per heavy atom. The summed E-state index contributed by atoms with van der Waals surface area (Å²) in [5, 5.41) is 10.7. The molecule has 0 bridgehead atoms. The molecule has 36 heavy (non-hydrogen) atoms. The van der Waals surface area contributed by atoms with E-state index in [0.717, 1.165) is 11.1 Å². The van der Waals surface area contributed by atoms with Crippen molar-refractivity contribution in [3.63, 3.8) is 0 Å². The molecule has 7 nitrogen and oxygen atoms in total. The quantitative estimate of drug-likeness (QED) is 0.385. The van der Waals surface area contributed by atoms with Crippen molar-refractivity contribution in [3.8, 4) is 16.4 Å². The Morgan fingerprint density at radius 3 is 2.56 bits per heavy atom. The fourth-order valence-corrected chi connectivity index (χ4v) is 4.89. The number of ether oxygens (including phenoxy) is 1. The van der Waals surface area contributed by atoms with Gasteiger partial charge in [-0.3, -0.25) is 23.7 Å². The fraction of sp³-hybridized carbons (Fsp3) is 0.240. The summed E-state index contributed by atoms with van der Waals surface area (Å²) in [5.41, 5.74) is -1.14. The summed E-state index contributed by atoms with van der Waals surface area (Å²) in [6, 6.07) is 7.15. The van der Waals surface area contributed by atoms with Gasteiger partial charge in [-0.15, -0.1) is 11.3 Å². The third-order valence-electron chi connectivity index (χ3n) is 5.51. The minimum Gasteiger partial charge on any atom is -0.485 e. The molecule has 188 valence electrons. The molecular weight excluding hydrogens is 512 g/mol. The number of hydrogen-bond donors (Lipinski definition) is 1. The van der Waals surface area contributed by atoms with Gasteiger partial charge >= 0.3 is 0 Å². The molecule has 0 aliphatic heterocycles. The van der Waals surface area contributed by atoms with Gasteiger partial charge in [0.1, 0.15) is 33.9 Å². The summed E-state index contributed by atoms with van der Waals surface area (Å²) in [6.45, 7) is 6.21. The minimum absolute atomic E-state index is 0.0307. The molecule has 4 aromatic rings. The zero-order valence-corrected chi connectivity index (χ0v) is 21.4. The first-order valence-corrected chi connectivity index (χ1v) is 12.0. The van der Waals surface area contributed by atoms with Crippen LogP contribution in [0.4, 0.5) is 8.78 Å². The van der Waals surface area contributed by atoms with Crippen LogP contribution in [0.15, 0.2) is 52.3 Å². The number of hydrogen-bond acceptors (Lipinski definition) is 6. The molecule has 0 fully saturated rings. The summed E-state index contributed by atoms with van der Waals surface area (Å²) >= 11 is 7.61. The maximum Gasteiger partial charge on any atom is 0.277 e. The van der Waals surface area contributed by atoms with Gasteiger partial charge in [0.2, 0.25) is 0 Å². The van der Waals surface area contributed by atoms with Gasteiger partial charge < -0.3 is 9.84 Å². The number of aryl methyl sites for hydroxylation is 2. The summed E-state index contributed by atoms with van der Waals surface area (Å²) in [7, 11) is 0. The van der Waals surface area contributed by atoms with E-state index in [-0.39, 0.29) is 34.2 Å². The molecule has 0 aliphatic rings. The normalized spacial score (nSPS) is 11.7. The second-order valence-electron chi connectivity index (χ2n) is 8.66. The molecule has 0 spiro atoms. The molecule has 1 N–H and O–H groups in total. The molecule has 0 aliphatic carbocycles. The topological polar surface area (TPSA) is 86.3 Å². The van der Waals surface area contributed by atoms with Gasteiger partial charge in [-0.25, -0.2) is 8.78 Å². The van der Waals surface area contributed by atoms with Gasteiger partial charge in [0.25, 0.3) is 11.1 Å². The monoisotopic (exact) mass is 533 g/mol. The second kappa shape index (κ2) is 9.61. The lowest BCUT2D eigenvalue weighted by atomic mass is 10.0. The molecule has 0 aromatic carbocycles. The minimum atomic E-state index is -1.32. The van der Waals surface area contributed by atoms with Crippen molar-refractivity contribution in [2.75, 3.05) is 0 Å². The van der Waals surface area contributed by atoms with Crippen molar-refractivity contribution < 1.29 is 18.6 Å². The van der Waals surface area contributed by atoms with Gasteiger partial charge in [0.15, 0.2) is 5.82 Å². The molecule has 0 saturated carbocycles. The van der Waals surface area contributed by atoms with E-state index in [1.54, 1.807) is 31.3 Å². The third kappa shape index (κ3) is 4.84. The first kappa shape index (κ1) is 25.7. The van der Waals surface area contributed by atoms with Crippen LogP contribution in [0.1, 0.15) is 35.7 Å². The Labute approximate surface area is 213 Å². The van der Waals surface area contributed by atoms with E-state index in [4.69, 9.17) is 16.3 Å². The van der Waals surface area contributed by atoms with Gasteiger partial charge in [0, 0.05) is 34.5 Å². The molecule has 0 amide bonds. The summed E-state index contributed by atoms with van der Waals surface area (Å²) in [4.78, 5) is 30.6. The van der Waals surface area contributed by atoms with Crippen LogP contribution < -0.4 is 15.9 Å². The largest absolute Gasteiger partial charge is 0.485 e. The average molecular weight is 534 g/mol. The van der Waals surface area contributed by atoms with Crippen molar-refractivity contribution in [2.45, 2.75) is 39.9 Å². The molecule has 11 heteroatoms. The van der Waals surface area contributed by atoms with Crippen LogP contribution in [-0.4, -0.2) is 19.2 Å². The van der Waals surface area contributed by atoms with Crippen LogP contribution in [0.5, 0.6) is 5.75 Å². The van der Waals surface area contributed by atoms with E-state index in [0.29, 0.717) is 22.4 Å². The van der Waals surface area contributed by atoms with E-state index in [1.807, 2.05) is 6.92 Å². The second-order valence-corrected chi connectivity index (χ2v) is 10.3. The Balaban J connectivity index is 1.72. The predicted octanol–water partition coefficient (Wildman–Crippen LogP) is 4.80. The lowest BCUT2D eigenvalue weighted by Gasteiger charge is -2.17. The standard InChI is InChI=1S/C25H22ClF2N3O4S/c1-13-8-20(35-12-18-17(28)9-15(27)11-29-18)22(26)24(33)31(13)19-10-21(36-14(19)2)30-7-5-6-16(23(30)32)25(3,4)34/h5-11,34H,12H2,1-4H3. The molecule has 4 rings (SSSR count). The Morgan fingerprint density at radius 2 is 1.89 bits per heavy atom. The van der Waals surface area contributed by atoms with E-state index in [1.165, 1.54) is 40.4 Å². The van der Waals surface area contributed by atoms with Gasteiger partial charge in [-0.1, -0.05) is 11.6 Å². The van der Waals surface area contributed by atoms with Crippen molar-refractivity contribution >= 4 is 22.9 Å². The highest BCUT2D eigenvalue weighted by atomic mass is 35.5. The van der Waals surface area contributed by atoms with Gasteiger partial charge in [0.05, 0.1) is 17.5 Å². The van der Waals surface area contributed by atoms with E-state index in [9.17, 15) is 23.5 Å². The maximum atomic E-state index is 13.9.